The maximum atomic E-state index is 5.50. The van der Waals surface area contributed by atoms with E-state index in [2.05, 4.69) is 35.8 Å². The standard InChI is InChI=1S/C14H23NO2S/c1-16-8-9-17-12-13-5-3-6-14(11-13)15-7-4-10-18-2/h3,5-6,11,15H,4,7-10,12H2,1-2H3. The van der Waals surface area contributed by atoms with Crippen molar-refractivity contribution >= 4 is 17.4 Å². The number of rotatable bonds is 10. The summed E-state index contributed by atoms with van der Waals surface area (Å²) in [5, 5.41) is 3.43. The van der Waals surface area contributed by atoms with Crippen LogP contribution in [0.5, 0.6) is 0 Å². The Balaban J connectivity index is 2.27. The lowest BCUT2D eigenvalue weighted by molar-refractivity contribution is 0.0617. The van der Waals surface area contributed by atoms with Crippen LogP contribution >= 0.6 is 11.8 Å². The van der Waals surface area contributed by atoms with Gasteiger partial charge in [-0.15, -0.1) is 0 Å². The van der Waals surface area contributed by atoms with Crippen LogP contribution in [0.3, 0.4) is 0 Å². The molecule has 0 heterocycles. The summed E-state index contributed by atoms with van der Waals surface area (Å²) in [5.41, 5.74) is 2.37. The van der Waals surface area contributed by atoms with E-state index in [1.807, 2.05) is 11.8 Å². The lowest BCUT2D eigenvalue weighted by Gasteiger charge is -2.08. The SMILES string of the molecule is COCCOCc1cccc(NCCCSC)c1. The predicted molar refractivity (Wildman–Crippen MR) is 79.5 cm³/mol. The Labute approximate surface area is 114 Å². The smallest absolute Gasteiger partial charge is 0.0718 e. The molecule has 0 aliphatic rings. The van der Waals surface area contributed by atoms with Crippen molar-refractivity contribution in [3.8, 4) is 0 Å². The van der Waals surface area contributed by atoms with Gasteiger partial charge in [0, 0.05) is 19.3 Å². The van der Waals surface area contributed by atoms with E-state index in [0.29, 0.717) is 19.8 Å². The number of nitrogens with one attached hydrogen (secondary N) is 1. The number of benzene rings is 1. The van der Waals surface area contributed by atoms with E-state index < -0.39 is 0 Å². The highest BCUT2D eigenvalue weighted by Gasteiger charge is 1.96. The minimum Gasteiger partial charge on any atom is -0.385 e. The second-order valence-electron chi connectivity index (χ2n) is 4.02. The van der Waals surface area contributed by atoms with Crippen LogP contribution in [0.25, 0.3) is 0 Å². The van der Waals surface area contributed by atoms with Crippen LogP contribution in [0.15, 0.2) is 24.3 Å². The molecule has 1 N–H and O–H groups in total. The summed E-state index contributed by atoms with van der Waals surface area (Å²) in [6.45, 7) is 2.95. The Kier molecular flexibility index (Phi) is 8.73. The van der Waals surface area contributed by atoms with E-state index in [4.69, 9.17) is 9.47 Å². The second kappa shape index (κ2) is 10.2. The molecule has 1 rings (SSSR count). The van der Waals surface area contributed by atoms with Crippen molar-refractivity contribution in [2.24, 2.45) is 0 Å². The van der Waals surface area contributed by atoms with Gasteiger partial charge in [0.25, 0.3) is 0 Å². The molecule has 102 valence electrons. The maximum Gasteiger partial charge on any atom is 0.0718 e. The molecular weight excluding hydrogens is 246 g/mol. The van der Waals surface area contributed by atoms with Gasteiger partial charge in [-0.05, 0) is 36.1 Å². The van der Waals surface area contributed by atoms with Crippen LogP contribution < -0.4 is 5.32 Å². The average molecular weight is 269 g/mol. The lowest BCUT2D eigenvalue weighted by Crippen LogP contribution is -2.04. The fourth-order valence-electron chi connectivity index (χ4n) is 1.55. The zero-order chi connectivity index (χ0) is 13.1. The maximum absolute atomic E-state index is 5.50. The van der Waals surface area contributed by atoms with Gasteiger partial charge >= 0.3 is 0 Å². The Morgan fingerprint density at radius 1 is 1.28 bits per heavy atom. The van der Waals surface area contributed by atoms with Crippen LogP contribution in [0.4, 0.5) is 5.69 Å². The van der Waals surface area contributed by atoms with E-state index in [1.165, 1.54) is 23.4 Å². The molecule has 1 aromatic rings. The molecular formula is C14H23NO2S. The summed E-state index contributed by atoms with van der Waals surface area (Å²) in [4.78, 5) is 0. The van der Waals surface area contributed by atoms with Gasteiger partial charge in [-0.3, -0.25) is 0 Å². The largest absolute Gasteiger partial charge is 0.385 e. The highest BCUT2D eigenvalue weighted by Crippen LogP contribution is 2.11. The molecule has 0 atom stereocenters. The molecule has 0 aromatic heterocycles. The number of hydrogen-bond donors (Lipinski definition) is 1. The van der Waals surface area contributed by atoms with Gasteiger partial charge in [-0.1, -0.05) is 12.1 Å². The first-order chi connectivity index (χ1) is 8.86. The molecule has 0 bridgehead atoms. The van der Waals surface area contributed by atoms with Crippen LogP contribution in [0.1, 0.15) is 12.0 Å². The molecule has 0 fully saturated rings. The minimum absolute atomic E-state index is 0.641. The summed E-state index contributed by atoms with van der Waals surface area (Å²) < 4.78 is 10.4. The quantitative estimate of drug-likeness (QED) is 0.661. The van der Waals surface area contributed by atoms with Gasteiger partial charge in [0.1, 0.15) is 0 Å². The van der Waals surface area contributed by atoms with E-state index in [1.54, 1.807) is 7.11 Å². The highest BCUT2D eigenvalue weighted by molar-refractivity contribution is 7.98. The summed E-state index contributed by atoms with van der Waals surface area (Å²) in [6.07, 6.45) is 3.33. The fraction of sp³-hybridized carbons (Fsp3) is 0.571. The molecule has 0 spiro atoms. The third kappa shape index (κ3) is 6.89. The molecule has 0 saturated heterocycles. The third-order valence-electron chi connectivity index (χ3n) is 2.48. The van der Waals surface area contributed by atoms with Crippen LogP contribution in [0.2, 0.25) is 0 Å². The summed E-state index contributed by atoms with van der Waals surface area (Å²) >= 11 is 1.88. The van der Waals surface area contributed by atoms with Gasteiger partial charge in [0.05, 0.1) is 19.8 Å². The van der Waals surface area contributed by atoms with Gasteiger partial charge in [0.15, 0.2) is 0 Å². The summed E-state index contributed by atoms with van der Waals surface area (Å²) in [6, 6.07) is 8.38. The number of anilines is 1. The van der Waals surface area contributed by atoms with E-state index in [9.17, 15) is 0 Å². The number of thioether (sulfide) groups is 1. The molecule has 0 unspecified atom stereocenters. The fourth-order valence-corrected chi connectivity index (χ4v) is 1.99. The van der Waals surface area contributed by atoms with Crippen molar-refractivity contribution in [2.75, 3.05) is 44.2 Å². The molecule has 0 aliphatic heterocycles. The molecule has 1 aromatic carbocycles. The molecule has 0 aliphatic carbocycles. The van der Waals surface area contributed by atoms with Gasteiger partial charge in [-0.2, -0.15) is 11.8 Å². The average Bonchev–Trinajstić information content (AvgIpc) is 2.40. The first kappa shape index (κ1) is 15.3. The van der Waals surface area contributed by atoms with Crippen LogP contribution in [0, 0.1) is 0 Å². The predicted octanol–water partition coefficient (Wildman–Crippen LogP) is 3.01. The van der Waals surface area contributed by atoms with Crippen molar-refractivity contribution in [3.05, 3.63) is 29.8 Å². The molecule has 3 nitrogen and oxygen atoms in total. The normalized spacial score (nSPS) is 10.6. The third-order valence-corrected chi connectivity index (χ3v) is 3.18. The molecule has 4 heteroatoms. The van der Waals surface area contributed by atoms with E-state index in [-0.39, 0.29) is 0 Å². The van der Waals surface area contributed by atoms with Crippen molar-refractivity contribution in [1.82, 2.24) is 0 Å². The molecule has 0 radical (unpaired) electrons. The number of methoxy groups -OCH3 is 1. The van der Waals surface area contributed by atoms with Crippen molar-refractivity contribution in [1.29, 1.82) is 0 Å². The van der Waals surface area contributed by atoms with Gasteiger partial charge < -0.3 is 14.8 Å². The topological polar surface area (TPSA) is 30.5 Å². The summed E-state index contributed by atoms with van der Waals surface area (Å²) in [7, 11) is 1.68. The second-order valence-corrected chi connectivity index (χ2v) is 5.00. The zero-order valence-corrected chi connectivity index (χ0v) is 12.1. The van der Waals surface area contributed by atoms with Gasteiger partial charge in [-0.25, -0.2) is 0 Å². The Hall–Kier alpha value is -0.710. The van der Waals surface area contributed by atoms with Crippen molar-refractivity contribution in [3.63, 3.8) is 0 Å². The minimum atomic E-state index is 0.641. The van der Waals surface area contributed by atoms with Crippen LogP contribution in [-0.4, -0.2) is 38.9 Å². The Morgan fingerprint density at radius 2 is 2.17 bits per heavy atom. The lowest BCUT2D eigenvalue weighted by atomic mass is 10.2. The van der Waals surface area contributed by atoms with E-state index >= 15 is 0 Å². The Morgan fingerprint density at radius 3 is 2.94 bits per heavy atom. The first-order valence-corrected chi connectivity index (χ1v) is 7.64. The number of ether oxygens (including phenoxy) is 2. The Bertz CT molecular complexity index is 293. The molecule has 0 saturated carbocycles. The van der Waals surface area contributed by atoms with Crippen LogP contribution in [-0.2, 0) is 16.1 Å². The van der Waals surface area contributed by atoms with Crippen molar-refractivity contribution < 1.29 is 9.47 Å². The monoisotopic (exact) mass is 269 g/mol. The molecule has 18 heavy (non-hydrogen) atoms. The first-order valence-electron chi connectivity index (χ1n) is 6.25. The molecule has 0 amide bonds. The number of hydrogen-bond acceptors (Lipinski definition) is 4. The van der Waals surface area contributed by atoms with Crippen molar-refractivity contribution in [2.45, 2.75) is 13.0 Å². The van der Waals surface area contributed by atoms with E-state index in [0.717, 1.165) is 6.54 Å². The summed E-state index contributed by atoms with van der Waals surface area (Å²) in [5.74, 6) is 1.20. The zero-order valence-electron chi connectivity index (χ0n) is 11.3. The highest BCUT2D eigenvalue weighted by atomic mass is 32.2. The van der Waals surface area contributed by atoms with Gasteiger partial charge in [0.2, 0.25) is 0 Å².